The van der Waals surface area contributed by atoms with Crippen molar-refractivity contribution in [3.8, 4) is 0 Å². The maximum Gasteiger partial charge on any atom is 0.303 e. The van der Waals surface area contributed by atoms with Crippen molar-refractivity contribution in [3.05, 3.63) is 11.1 Å². The van der Waals surface area contributed by atoms with Crippen LogP contribution < -0.4 is 10.6 Å². The van der Waals surface area contributed by atoms with E-state index in [4.69, 9.17) is 5.11 Å². The molecule has 1 rings (SSSR count). The summed E-state index contributed by atoms with van der Waals surface area (Å²) < 4.78 is 0. The van der Waals surface area contributed by atoms with Crippen molar-refractivity contribution < 1.29 is 19.5 Å². The second-order valence-corrected chi connectivity index (χ2v) is 5.75. The normalized spacial score (nSPS) is 10.2. The number of carboxylic acids is 1. The number of carbonyl (C=O) groups is 3. The number of hydrogen-bond acceptors (Lipinski definition) is 5. The number of aliphatic carboxylic acids is 1. The van der Waals surface area contributed by atoms with E-state index in [-0.39, 0.29) is 31.1 Å². The van der Waals surface area contributed by atoms with E-state index in [1.165, 1.54) is 11.3 Å². The van der Waals surface area contributed by atoms with Crippen LogP contribution in [0.15, 0.2) is 5.38 Å². The fraction of sp³-hybridized carbons (Fsp3) is 0.571. The molecule has 0 radical (unpaired) electrons. The van der Waals surface area contributed by atoms with Gasteiger partial charge < -0.3 is 15.7 Å². The molecule has 0 aliphatic rings. The molecule has 8 heteroatoms. The minimum absolute atomic E-state index is 0.115. The van der Waals surface area contributed by atoms with Crippen LogP contribution in [0.3, 0.4) is 0 Å². The highest BCUT2D eigenvalue weighted by molar-refractivity contribution is 7.13. The minimum atomic E-state index is -0.800. The number of nitrogens with one attached hydrogen (secondary N) is 2. The van der Waals surface area contributed by atoms with Gasteiger partial charge in [-0.1, -0.05) is 6.42 Å². The second kappa shape index (κ2) is 9.88. The van der Waals surface area contributed by atoms with Crippen LogP contribution in [0, 0.1) is 6.92 Å². The number of carboxylic acid groups (broad SMARTS) is 1. The first kappa shape index (κ1) is 18.1. The third-order valence-corrected chi connectivity index (χ3v) is 3.71. The quantitative estimate of drug-likeness (QED) is 0.569. The molecule has 0 saturated heterocycles. The summed E-state index contributed by atoms with van der Waals surface area (Å²) in [6.07, 6.45) is 2.51. The molecule has 0 saturated carbocycles. The Balaban J connectivity index is 2.05. The van der Waals surface area contributed by atoms with Crippen LogP contribution in [0.5, 0.6) is 0 Å². The van der Waals surface area contributed by atoms with Gasteiger partial charge in [0.2, 0.25) is 11.8 Å². The van der Waals surface area contributed by atoms with Gasteiger partial charge in [-0.25, -0.2) is 4.98 Å². The second-order valence-electron chi connectivity index (χ2n) is 4.90. The maximum atomic E-state index is 11.6. The summed E-state index contributed by atoms with van der Waals surface area (Å²) in [5, 5.41) is 16.2. The summed E-state index contributed by atoms with van der Waals surface area (Å²) in [6.45, 7) is 2.35. The highest BCUT2D eigenvalue weighted by atomic mass is 32.1. The summed E-state index contributed by atoms with van der Waals surface area (Å²) >= 11 is 1.35. The molecule has 1 aromatic rings. The van der Waals surface area contributed by atoms with Crippen LogP contribution in [-0.2, 0) is 14.4 Å². The van der Waals surface area contributed by atoms with E-state index in [1.807, 2.05) is 12.3 Å². The fourth-order valence-electron chi connectivity index (χ4n) is 1.71. The molecule has 0 aromatic carbocycles. The topological polar surface area (TPSA) is 108 Å². The maximum absolute atomic E-state index is 11.6. The first-order valence-corrected chi connectivity index (χ1v) is 8.06. The molecule has 3 N–H and O–H groups in total. The van der Waals surface area contributed by atoms with Crippen molar-refractivity contribution in [1.29, 1.82) is 0 Å². The average molecular weight is 327 g/mol. The molecule has 2 amide bonds. The number of carbonyl (C=O) groups excluding carboxylic acids is 2. The molecule has 22 heavy (non-hydrogen) atoms. The molecule has 0 aliphatic heterocycles. The molecule has 122 valence electrons. The Morgan fingerprint density at radius 3 is 2.50 bits per heavy atom. The van der Waals surface area contributed by atoms with Gasteiger partial charge in [-0.2, -0.15) is 0 Å². The van der Waals surface area contributed by atoms with E-state index in [9.17, 15) is 14.4 Å². The number of aromatic nitrogens is 1. The van der Waals surface area contributed by atoms with Crippen LogP contribution in [0.25, 0.3) is 0 Å². The van der Waals surface area contributed by atoms with Crippen LogP contribution in [0.2, 0.25) is 0 Å². The largest absolute Gasteiger partial charge is 0.481 e. The Morgan fingerprint density at radius 1 is 1.14 bits per heavy atom. The highest BCUT2D eigenvalue weighted by Gasteiger charge is 2.08. The fourth-order valence-corrected chi connectivity index (χ4v) is 2.42. The summed E-state index contributed by atoms with van der Waals surface area (Å²) in [5.41, 5.74) is 0.848. The van der Waals surface area contributed by atoms with E-state index in [0.717, 1.165) is 18.5 Å². The zero-order chi connectivity index (χ0) is 16.4. The van der Waals surface area contributed by atoms with Gasteiger partial charge in [0.25, 0.3) is 0 Å². The molecule has 7 nitrogen and oxygen atoms in total. The van der Waals surface area contributed by atoms with Crippen molar-refractivity contribution in [2.24, 2.45) is 0 Å². The number of nitrogens with zero attached hydrogens (tertiary/aromatic N) is 1. The van der Waals surface area contributed by atoms with Crippen molar-refractivity contribution in [2.45, 2.75) is 45.4 Å². The number of thiazole rings is 1. The molecular formula is C14H21N3O4S. The van der Waals surface area contributed by atoms with Crippen LogP contribution in [0.4, 0.5) is 5.13 Å². The standard InChI is InChI=1S/C14H21N3O4S/c1-10-9-22-14(16-10)17-12(19)7-6-11(18)15-8-4-2-3-5-13(20)21/h9H,2-8H2,1H3,(H,15,18)(H,20,21)(H,16,17,19). The van der Waals surface area contributed by atoms with Crippen molar-refractivity contribution in [3.63, 3.8) is 0 Å². The smallest absolute Gasteiger partial charge is 0.303 e. The number of rotatable bonds is 10. The van der Waals surface area contributed by atoms with Crippen LogP contribution >= 0.6 is 11.3 Å². The van der Waals surface area contributed by atoms with Crippen molar-refractivity contribution in [2.75, 3.05) is 11.9 Å². The number of anilines is 1. The molecule has 0 spiro atoms. The third-order valence-electron chi connectivity index (χ3n) is 2.83. The van der Waals surface area contributed by atoms with Crippen molar-refractivity contribution in [1.82, 2.24) is 10.3 Å². The lowest BCUT2D eigenvalue weighted by Crippen LogP contribution is -2.25. The van der Waals surface area contributed by atoms with Gasteiger partial charge in [0, 0.05) is 31.2 Å². The average Bonchev–Trinajstić information content (AvgIpc) is 2.85. The van der Waals surface area contributed by atoms with E-state index >= 15 is 0 Å². The van der Waals surface area contributed by atoms with Crippen LogP contribution in [-0.4, -0.2) is 34.4 Å². The van der Waals surface area contributed by atoms with E-state index in [1.54, 1.807) is 0 Å². The number of amides is 2. The first-order valence-electron chi connectivity index (χ1n) is 7.18. The zero-order valence-electron chi connectivity index (χ0n) is 12.6. The lowest BCUT2D eigenvalue weighted by molar-refractivity contribution is -0.137. The summed E-state index contributed by atoms with van der Waals surface area (Å²) in [5.74, 6) is -1.21. The number of unbranched alkanes of at least 4 members (excludes halogenated alkanes) is 2. The number of hydrogen-bond donors (Lipinski definition) is 3. The molecule has 0 bridgehead atoms. The Hall–Kier alpha value is -1.96. The summed E-state index contributed by atoms with van der Waals surface area (Å²) in [6, 6.07) is 0. The molecule has 1 heterocycles. The highest BCUT2D eigenvalue weighted by Crippen LogP contribution is 2.14. The Kier molecular flexibility index (Phi) is 8.13. The third kappa shape index (κ3) is 8.35. The van der Waals surface area contributed by atoms with E-state index in [2.05, 4.69) is 15.6 Å². The lowest BCUT2D eigenvalue weighted by Gasteiger charge is -2.05. The van der Waals surface area contributed by atoms with Gasteiger partial charge >= 0.3 is 5.97 Å². The van der Waals surface area contributed by atoms with Gasteiger partial charge in [-0.3, -0.25) is 14.4 Å². The van der Waals surface area contributed by atoms with Gasteiger partial charge in [0.05, 0.1) is 5.69 Å². The summed E-state index contributed by atoms with van der Waals surface area (Å²) in [7, 11) is 0. The zero-order valence-corrected chi connectivity index (χ0v) is 13.4. The minimum Gasteiger partial charge on any atom is -0.481 e. The van der Waals surface area contributed by atoms with Crippen molar-refractivity contribution >= 4 is 34.3 Å². The molecule has 0 aliphatic carbocycles. The van der Waals surface area contributed by atoms with Gasteiger partial charge in [0.15, 0.2) is 5.13 Å². The van der Waals surface area contributed by atoms with E-state index < -0.39 is 5.97 Å². The van der Waals surface area contributed by atoms with Gasteiger partial charge in [0.1, 0.15) is 0 Å². The van der Waals surface area contributed by atoms with E-state index in [0.29, 0.717) is 18.1 Å². The SMILES string of the molecule is Cc1csc(NC(=O)CCC(=O)NCCCCCC(=O)O)n1. The Labute approximate surface area is 133 Å². The van der Waals surface area contributed by atoms with Gasteiger partial charge in [-0.15, -0.1) is 11.3 Å². The Bertz CT molecular complexity index is 516. The number of aryl methyl sites for hydroxylation is 1. The molecule has 0 atom stereocenters. The molecular weight excluding hydrogens is 306 g/mol. The predicted molar refractivity (Wildman–Crippen MR) is 83.8 cm³/mol. The lowest BCUT2D eigenvalue weighted by atomic mass is 10.2. The molecule has 0 fully saturated rings. The monoisotopic (exact) mass is 327 g/mol. The van der Waals surface area contributed by atoms with Gasteiger partial charge in [-0.05, 0) is 19.8 Å². The summed E-state index contributed by atoms with van der Waals surface area (Å²) in [4.78, 5) is 37.6. The molecule has 1 aromatic heterocycles. The Morgan fingerprint density at radius 2 is 1.86 bits per heavy atom. The van der Waals surface area contributed by atoms with Crippen LogP contribution in [0.1, 0.15) is 44.2 Å². The molecule has 0 unspecified atom stereocenters. The predicted octanol–water partition coefficient (Wildman–Crippen LogP) is 1.93. The first-order chi connectivity index (χ1) is 10.5.